The number of hydrogen-bond donors (Lipinski definition) is 1. The molecule has 1 aromatic rings. The normalized spacial score (nSPS) is 20.4. The van der Waals surface area contributed by atoms with Crippen LogP contribution < -0.4 is 5.32 Å². The van der Waals surface area contributed by atoms with Crippen molar-refractivity contribution in [2.45, 2.75) is 33.1 Å². The van der Waals surface area contributed by atoms with E-state index in [-0.39, 0.29) is 30.3 Å². The molecule has 12 heteroatoms. The van der Waals surface area contributed by atoms with Gasteiger partial charge in [-0.15, -0.1) is 15.7 Å². The van der Waals surface area contributed by atoms with E-state index in [1.807, 2.05) is 0 Å². The monoisotopic (exact) mass is 507 g/mol. The number of nitrogens with one attached hydrogen (secondary N) is 1. The fraction of sp³-hybridized carbons (Fsp3) is 0.455. The molecule has 1 N–H and O–H groups in total. The highest BCUT2D eigenvalue weighted by molar-refractivity contribution is 7.90. The molecular formula is C22H25N3O7S2. The lowest BCUT2D eigenvalue weighted by molar-refractivity contribution is -0.142. The van der Waals surface area contributed by atoms with E-state index in [9.17, 15) is 22.8 Å². The summed E-state index contributed by atoms with van der Waals surface area (Å²) in [5.41, 5.74) is 1.22. The molecule has 1 aliphatic carbocycles. The summed E-state index contributed by atoms with van der Waals surface area (Å²) in [4.78, 5) is 40.4. The van der Waals surface area contributed by atoms with Crippen molar-refractivity contribution in [1.82, 2.24) is 4.90 Å². The first-order valence-corrected chi connectivity index (χ1v) is 13.4. The number of sulfonamides is 1. The molecule has 4 rings (SSSR count). The molecule has 0 unspecified atom stereocenters. The van der Waals surface area contributed by atoms with Gasteiger partial charge in [0.05, 0.1) is 17.9 Å². The van der Waals surface area contributed by atoms with E-state index in [1.165, 1.54) is 17.4 Å². The highest BCUT2D eigenvalue weighted by Gasteiger charge is 2.32. The molecule has 1 amide bonds. The Hall–Kier alpha value is -2.99. The first kappa shape index (κ1) is 24.1. The van der Waals surface area contributed by atoms with Gasteiger partial charge in [0.15, 0.2) is 12.4 Å². The average Bonchev–Trinajstić information content (AvgIpc) is 3.13. The lowest BCUT2D eigenvalue weighted by Gasteiger charge is -2.28. The number of esters is 2. The quantitative estimate of drug-likeness (QED) is 0.579. The summed E-state index contributed by atoms with van der Waals surface area (Å²) in [5.74, 6) is -1.67. The van der Waals surface area contributed by atoms with E-state index in [2.05, 4.69) is 16.6 Å². The molecule has 2 aliphatic heterocycles. The smallest absolute Gasteiger partial charge is 0.342 e. The van der Waals surface area contributed by atoms with E-state index in [0.29, 0.717) is 16.5 Å². The topological polar surface area (TPSA) is 131 Å². The SMILES string of the molecule is CCOC(=O)c1c(NC(=O)COC(=O)C2=CC=CN3CCS(=O)(=O)N=C23)sc2c1CC[C@@H](C)C2. The maximum absolute atomic E-state index is 12.6. The van der Waals surface area contributed by atoms with Gasteiger partial charge in [-0.3, -0.25) is 4.79 Å². The number of hydrogen-bond acceptors (Lipinski definition) is 9. The summed E-state index contributed by atoms with van der Waals surface area (Å²) >= 11 is 1.34. The highest BCUT2D eigenvalue weighted by Crippen LogP contribution is 2.40. The first-order valence-electron chi connectivity index (χ1n) is 10.9. The number of allylic oxidation sites excluding steroid dienone is 2. The molecule has 10 nitrogen and oxygen atoms in total. The Kier molecular flexibility index (Phi) is 6.89. The Labute approximate surface area is 201 Å². The van der Waals surface area contributed by atoms with Crippen LogP contribution in [0.15, 0.2) is 28.3 Å². The van der Waals surface area contributed by atoms with Gasteiger partial charge in [-0.05, 0) is 49.8 Å². The van der Waals surface area contributed by atoms with Crippen LogP contribution >= 0.6 is 11.3 Å². The number of amides is 1. The number of carbonyl (C=O) groups excluding carboxylic acids is 3. The van der Waals surface area contributed by atoms with E-state index in [4.69, 9.17) is 9.47 Å². The van der Waals surface area contributed by atoms with E-state index in [1.54, 1.807) is 24.1 Å². The number of thiophene rings is 1. The standard InChI is InChI=1S/C22H25N3O7S2/c1-3-31-22(28)18-14-7-6-13(2)11-16(14)33-20(18)23-17(26)12-32-21(27)15-5-4-8-25-9-10-34(29,30)24-19(15)25/h4-5,8,13H,3,6-7,9-12H2,1-2H3,(H,23,26)/t13-/m1/s1. The van der Waals surface area contributed by atoms with Crippen molar-refractivity contribution in [2.24, 2.45) is 10.3 Å². The molecule has 0 saturated heterocycles. The zero-order chi connectivity index (χ0) is 24.5. The van der Waals surface area contributed by atoms with Crippen LogP contribution in [-0.2, 0) is 41.9 Å². The van der Waals surface area contributed by atoms with Crippen molar-refractivity contribution in [3.63, 3.8) is 0 Å². The number of nitrogens with zero attached hydrogens (tertiary/aromatic N) is 2. The number of rotatable bonds is 6. The van der Waals surface area contributed by atoms with Crippen LogP contribution in [0.3, 0.4) is 0 Å². The summed E-state index contributed by atoms with van der Waals surface area (Å²) in [6.45, 7) is 3.63. The van der Waals surface area contributed by atoms with Crippen LogP contribution in [0, 0.1) is 5.92 Å². The molecule has 0 fully saturated rings. The van der Waals surface area contributed by atoms with E-state index >= 15 is 0 Å². The molecule has 0 aromatic carbocycles. The summed E-state index contributed by atoms with van der Waals surface area (Å²) in [6.07, 6.45) is 7.09. The Balaban J connectivity index is 1.46. The molecule has 1 aromatic heterocycles. The van der Waals surface area contributed by atoms with Crippen LogP contribution in [0.25, 0.3) is 0 Å². The Morgan fingerprint density at radius 3 is 2.82 bits per heavy atom. The van der Waals surface area contributed by atoms with Crippen molar-refractivity contribution in [3.05, 3.63) is 39.9 Å². The minimum Gasteiger partial charge on any atom is -0.462 e. The molecule has 182 valence electrons. The summed E-state index contributed by atoms with van der Waals surface area (Å²) in [7, 11) is -3.67. The minimum absolute atomic E-state index is 0.0243. The fourth-order valence-corrected chi connectivity index (χ4v) is 6.41. The Morgan fingerprint density at radius 2 is 2.06 bits per heavy atom. The van der Waals surface area contributed by atoms with Crippen molar-refractivity contribution >= 4 is 50.0 Å². The predicted octanol–water partition coefficient (Wildman–Crippen LogP) is 2.03. The second-order valence-electron chi connectivity index (χ2n) is 8.22. The van der Waals surface area contributed by atoms with Crippen molar-refractivity contribution < 1.29 is 32.3 Å². The van der Waals surface area contributed by atoms with Crippen LogP contribution in [0.2, 0.25) is 0 Å². The van der Waals surface area contributed by atoms with Gasteiger partial charge >= 0.3 is 11.9 Å². The van der Waals surface area contributed by atoms with Gasteiger partial charge in [0, 0.05) is 17.6 Å². The maximum atomic E-state index is 12.6. The van der Waals surface area contributed by atoms with Gasteiger partial charge in [-0.2, -0.15) is 0 Å². The fourth-order valence-electron chi connectivity index (χ4n) is 4.01. The highest BCUT2D eigenvalue weighted by atomic mass is 32.2. The average molecular weight is 508 g/mol. The zero-order valence-corrected chi connectivity index (χ0v) is 20.5. The number of fused-ring (bicyclic) bond motifs is 2. The lowest BCUT2D eigenvalue weighted by Crippen LogP contribution is -2.40. The van der Waals surface area contributed by atoms with E-state index in [0.717, 1.165) is 29.7 Å². The van der Waals surface area contributed by atoms with Crippen LogP contribution in [0.4, 0.5) is 5.00 Å². The van der Waals surface area contributed by atoms with Gasteiger partial charge < -0.3 is 19.7 Å². The third-order valence-corrected chi connectivity index (χ3v) is 7.98. The molecule has 0 bridgehead atoms. The number of carbonyl (C=O) groups is 3. The van der Waals surface area contributed by atoms with Crippen molar-refractivity contribution in [1.29, 1.82) is 0 Å². The summed E-state index contributed by atoms with van der Waals surface area (Å²) in [6, 6.07) is 0. The molecular weight excluding hydrogens is 482 g/mol. The van der Waals surface area contributed by atoms with Gasteiger partial charge in [-0.1, -0.05) is 6.92 Å². The molecule has 0 spiro atoms. The Morgan fingerprint density at radius 1 is 1.26 bits per heavy atom. The zero-order valence-electron chi connectivity index (χ0n) is 18.8. The third-order valence-electron chi connectivity index (χ3n) is 5.66. The second kappa shape index (κ2) is 9.71. The molecule has 3 heterocycles. The second-order valence-corrected chi connectivity index (χ2v) is 11.1. The van der Waals surface area contributed by atoms with Gasteiger partial charge in [-0.25, -0.2) is 18.0 Å². The number of anilines is 1. The van der Waals surface area contributed by atoms with Gasteiger partial charge in [0.25, 0.3) is 15.9 Å². The van der Waals surface area contributed by atoms with Gasteiger partial charge in [0.2, 0.25) is 0 Å². The largest absolute Gasteiger partial charge is 0.462 e. The number of ether oxygens (including phenoxy) is 2. The summed E-state index contributed by atoms with van der Waals surface area (Å²) < 4.78 is 37.7. The van der Waals surface area contributed by atoms with Crippen LogP contribution in [-0.4, -0.2) is 62.5 Å². The summed E-state index contributed by atoms with van der Waals surface area (Å²) in [5, 5.41) is 3.06. The predicted molar refractivity (Wildman–Crippen MR) is 126 cm³/mol. The van der Waals surface area contributed by atoms with Gasteiger partial charge in [0.1, 0.15) is 10.6 Å². The maximum Gasteiger partial charge on any atom is 0.342 e. The van der Waals surface area contributed by atoms with Crippen molar-refractivity contribution in [3.8, 4) is 0 Å². The third kappa shape index (κ3) is 5.07. The van der Waals surface area contributed by atoms with Crippen LogP contribution in [0.1, 0.15) is 41.1 Å². The first-order chi connectivity index (χ1) is 16.2. The lowest BCUT2D eigenvalue weighted by atomic mass is 9.88. The molecule has 0 saturated carbocycles. The minimum atomic E-state index is -3.67. The molecule has 0 radical (unpaired) electrons. The van der Waals surface area contributed by atoms with E-state index < -0.39 is 34.5 Å². The molecule has 3 aliphatic rings. The van der Waals surface area contributed by atoms with Crippen molar-refractivity contribution in [2.75, 3.05) is 30.8 Å². The molecule has 34 heavy (non-hydrogen) atoms. The number of amidine groups is 1. The molecule has 1 atom stereocenters. The van der Waals surface area contributed by atoms with Crippen LogP contribution in [0.5, 0.6) is 0 Å². The Bertz CT molecular complexity index is 1230.